The molecule has 2 heteroatoms. The minimum Gasteiger partial charge on any atom is -0.295 e. The van der Waals surface area contributed by atoms with Crippen molar-refractivity contribution in [1.29, 1.82) is 0 Å². The summed E-state index contributed by atoms with van der Waals surface area (Å²) in [7, 11) is 0. The zero-order chi connectivity index (χ0) is 12.7. The number of halogens is 1. The van der Waals surface area contributed by atoms with Crippen LogP contribution in [-0.2, 0) is 6.42 Å². The second kappa shape index (κ2) is 8.96. The normalized spacial score (nSPS) is 9.94. The van der Waals surface area contributed by atoms with Gasteiger partial charge in [0.15, 0.2) is 0 Å². The van der Waals surface area contributed by atoms with E-state index in [4.69, 9.17) is 0 Å². The van der Waals surface area contributed by atoms with Crippen LogP contribution < -0.4 is 0 Å². The molecule has 0 heterocycles. The molecule has 1 rings (SSSR count). The lowest BCUT2D eigenvalue weighted by Gasteiger charge is -2.22. The summed E-state index contributed by atoms with van der Waals surface area (Å²) < 4.78 is 0. The molecule has 100 valence electrons. The highest BCUT2D eigenvalue weighted by atomic mass is 35.5. The highest BCUT2D eigenvalue weighted by Crippen LogP contribution is 2.05. The van der Waals surface area contributed by atoms with E-state index in [9.17, 15) is 0 Å². The van der Waals surface area contributed by atoms with Gasteiger partial charge in [0.25, 0.3) is 0 Å². The first kappa shape index (κ1) is 16.9. The van der Waals surface area contributed by atoms with Gasteiger partial charge in [-0.25, -0.2) is 0 Å². The third-order valence-corrected chi connectivity index (χ3v) is 2.55. The molecule has 0 saturated heterocycles. The number of benzene rings is 1. The maximum atomic E-state index is 3.99. The standard InChI is InChI=1S/C16H23N.ClH/c1-14(2)12-17(13-15(3)4)11-10-16-8-6-5-7-9-16;/h5-9H,1,3,10-13H2,2,4H3;1H. The van der Waals surface area contributed by atoms with E-state index >= 15 is 0 Å². The zero-order valence-electron chi connectivity index (χ0n) is 11.5. The molecule has 0 bridgehead atoms. The van der Waals surface area contributed by atoms with Crippen molar-refractivity contribution in [3.63, 3.8) is 0 Å². The molecule has 0 aliphatic carbocycles. The van der Waals surface area contributed by atoms with Crippen LogP contribution in [0.4, 0.5) is 0 Å². The Labute approximate surface area is 118 Å². The summed E-state index contributed by atoms with van der Waals surface area (Å²) >= 11 is 0. The van der Waals surface area contributed by atoms with Crippen molar-refractivity contribution >= 4 is 12.4 Å². The van der Waals surface area contributed by atoms with Gasteiger partial charge in [0.1, 0.15) is 0 Å². The molecule has 0 saturated carbocycles. The number of hydrogen-bond acceptors (Lipinski definition) is 1. The summed E-state index contributed by atoms with van der Waals surface area (Å²) in [6.07, 6.45) is 1.08. The van der Waals surface area contributed by atoms with Crippen molar-refractivity contribution in [3.05, 3.63) is 60.2 Å². The van der Waals surface area contributed by atoms with E-state index in [2.05, 4.69) is 62.2 Å². The van der Waals surface area contributed by atoms with Crippen LogP contribution in [0.3, 0.4) is 0 Å². The minimum absolute atomic E-state index is 0. The first-order valence-corrected chi connectivity index (χ1v) is 6.13. The third-order valence-electron chi connectivity index (χ3n) is 2.55. The molecule has 0 atom stereocenters. The van der Waals surface area contributed by atoms with E-state index in [0.717, 1.165) is 26.1 Å². The summed E-state index contributed by atoms with van der Waals surface area (Å²) in [6.45, 7) is 15.1. The van der Waals surface area contributed by atoms with Crippen molar-refractivity contribution < 1.29 is 0 Å². The van der Waals surface area contributed by atoms with Crippen LogP contribution in [0, 0.1) is 0 Å². The van der Waals surface area contributed by atoms with Crippen LogP contribution in [0.25, 0.3) is 0 Å². The highest BCUT2D eigenvalue weighted by molar-refractivity contribution is 5.85. The molecule has 1 aromatic carbocycles. The SMILES string of the molecule is C=C(C)CN(CCc1ccccc1)CC(=C)C.Cl. The summed E-state index contributed by atoms with van der Waals surface area (Å²) in [4.78, 5) is 2.40. The Hall–Kier alpha value is -1.05. The van der Waals surface area contributed by atoms with Gasteiger partial charge in [-0.1, -0.05) is 54.6 Å². The van der Waals surface area contributed by atoms with E-state index in [0.29, 0.717) is 0 Å². The molecule has 0 unspecified atom stereocenters. The van der Waals surface area contributed by atoms with Crippen LogP contribution >= 0.6 is 12.4 Å². The topological polar surface area (TPSA) is 3.24 Å². The van der Waals surface area contributed by atoms with Gasteiger partial charge in [0, 0.05) is 19.6 Å². The minimum atomic E-state index is 0. The summed E-state index contributed by atoms with van der Waals surface area (Å²) in [5.74, 6) is 0. The smallest absolute Gasteiger partial charge is 0.0190 e. The fourth-order valence-electron chi connectivity index (χ4n) is 1.91. The maximum Gasteiger partial charge on any atom is 0.0190 e. The lowest BCUT2D eigenvalue weighted by molar-refractivity contribution is 0.325. The van der Waals surface area contributed by atoms with Crippen molar-refractivity contribution in [2.75, 3.05) is 19.6 Å². The third kappa shape index (κ3) is 7.31. The maximum absolute atomic E-state index is 3.99. The van der Waals surface area contributed by atoms with Crippen LogP contribution in [0.2, 0.25) is 0 Å². The second-order valence-electron chi connectivity index (χ2n) is 4.86. The van der Waals surface area contributed by atoms with Crippen LogP contribution in [0.1, 0.15) is 19.4 Å². The summed E-state index contributed by atoms with van der Waals surface area (Å²) in [5.41, 5.74) is 3.81. The molecule has 0 aliphatic rings. The van der Waals surface area contributed by atoms with Gasteiger partial charge in [-0.3, -0.25) is 4.90 Å². The molecule has 1 nitrogen and oxygen atoms in total. The van der Waals surface area contributed by atoms with Crippen LogP contribution in [-0.4, -0.2) is 24.5 Å². The predicted octanol–water partition coefficient (Wildman–Crippen LogP) is 4.11. The summed E-state index contributed by atoms with van der Waals surface area (Å²) in [6, 6.07) is 10.6. The van der Waals surface area contributed by atoms with Crippen molar-refractivity contribution in [2.45, 2.75) is 20.3 Å². The number of rotatable bonds is 7. The van der Waals surface area contributed by atoms with Gasteiger partial charge in [0.05, 0.1) is 0 Å². The first-order valence-electron chi connectivity index (χ1n) is 6.13. The summed E-state index contributed by atoms with van der Waals surface area (Å²) in [5, 5.41) is 0. The number of hydrogen-bond donors (Lipinski definition) is 0. The second-order valence-corrected chi connectivity index (χ2v) is 4.86. The number of nitrogens with zero attached hydrogens (tertiary/aromatic N) is 1. The lowest BCUT2D eigenvalue weighted by Crippen LogP contribution is -2.29. The van der Waals surface area contributed by atoms with Gasteiger partial charge in [-0.15, -0.1) is 12.4 Å². The Balaban J connectivity index is 0.00000289. The first-order chi connectivity index (χ1) is 8.08. The Morgan fingerprint density at radius 3 is 1.94 bits per heavy atom. The average Bonchev–Trinajstić information content (AvgIpc) is 2.26. The molecular formula is C16H24ClN. The van der Waals surface area contributed by atoms with Crippen molar-refractivity contribution in [1.82, 2.24) is 4.90 Å². The molecule has 0 aromatic heterocycles. The van der Waals surface area contributed by atoms with Gasteiger partial charge in [-0.2, -0.15) is 0 Å². The van der Waals surface area contributed by atoms with Gasteiger partial charge >= 0.3 is 0 Å². The molecule has 0 aliphatic heterocycles. The quantitative estimate of drug-likeness (QED) is 0.671. The Kier molecular flexibility index (Phi) is 8.43. The van der Waals surface area contributed by atoms with Crippen molar-refractivity contribution in [2.24, 2.45) is 0 Å². The van der Waals surface area contributed by atoms with Crippen LogP contribution in [0.15, 0.2) is 54.6 Å². The molecule has 1 aromatic rings. The molecule has 0 N–H and O–H groups in total. The Bertz CT molecular complexity index is 354. The highest BCUT2D eigenvalue weighted by Gasteiger charge is 2.05. The van der Waals surface area contributed by atoms with Crippen LogP contribution in [0.5, 0.6) is 0 Å². The zero-order valence-corrected chi connectivity index (χ0v) is 12.3. The van der Waals surface area contributed by atoms with Gasteiger partial charge in [0.2, 0.25) is 0 Å². The predicted molar refractivity (Wildman–Crippen MR) is 83.5 cm³/mol. The Morgan fingerprint density at radius 1 is 1.00 bits per heavy atom. The largest absolute Gasteiger partial charge is 0.295 e. The molecule has 0 amide bonds. The average molecular weight is 266 g/mol. The molecule has 0 radical (unpaired) electrons. The molecular weight excluding hydrogens is 242 g/mol. The van der Waals surface area contributed by atoms with Gasteiger partial charge in [-0.05, 0) is 25.8 Å². The molecule has 0 fully saturated rings. The van der Waals surface area contributed by atoms with E-state index < -0.39 is 0 Å². The molecule has 18 heavy (non-hydrogen) atoms. The lowest BCUT2D eigenvalue weighted by atomic mass is 10.1. The fourth-order valence-corrected chi connectivity index (χ4v) is 1.91. The fraction of sp³-hybridized carbons (Fsp3) is 0.375. The van der Waals surface area contributed by atoms with Crippen molar-refractivity contribution in [3.8, 4) is 0 Å². The van der Waals surface area contributed by atoms with Gasteiger partial charge < -0.3 is 0 Å². The van der Waals surface area contributed by atoms with E-state index in [-0.39, 0.29) is 12.4 Å². The Morgan fingerprint density at radius 2 is 1.50 bits per heavy atom. The van der Waals surface area contributed by atoms with E-state index in [1.807, 2.05) is 0 Å². The monoisotopic (exact) mass is 265 g/mol. The van der Waals surface area contributed by atoms with E-state index in [1.165, 1.54) is 16.7 Å². The van der Waals surface area contributed by atoms with E-state index in [1.54, 1.807) is 0 Å². The molecule has 0 spiro atoms.